The second kappa shape index (κ2) is 4.80. The van der Waals surface area contributed by atoms with Crippen molar-refractivity contribution in [2.24, 2.45) is 0 Å². The van der Waals surface area contributed by atoms with E-state index >= 15 is 0 Å². The number of fused-ring (bicyclic) bond motifs is 1. The number of halogens is 1. The van der Waals surface area contributed by atoms with Crippen LogP contribution in [0.15, 0.2) is 30.3 Å². The molecule has 0 unspecified atom stereocenters. The molecule has 0 saturated heterocycles. The van der Waals surface area contributed by atoms with Gasteiger partial charge in [0.05, 0.1) is 5.69 Å². The van der Waals surface area contributed by atoms with Gasteiger partial charge in [0.1, 0.15) is 5.82 Å². The van der Waals surface area contributed by atoms with Crippen LogP contribution in [0.25, 0.3) is 0 Å². The van der Waals surface area contributed by atoms with Crippen molar-refractivity contribution in [3.8, 4) is 0 Å². The van der Waals surface area contributed by atoms with Gasteiger partial charge in [-0.05, 0) is 54.3 Å². The first-order valence-electron chi connectivity index (χ1n) is 6.69. The van der Waals surface area contributed by atoms with E-state index in [4.69, 9.17) is 5.73 Å². The lowest BCUT2D eigenvalue weighted by molar-refractivity contribution is 0.334. The molecule has 0 saturated carbocycles. The van der Waals surface area contributed by atoms with Crippen LogP contribution in [0, 0.1) is 19.7 Å². The Labute approximate surface area is 118 Å². The topological polar surface area (TPSA) is 41.3 Å². The third kappa shape index (κ3) is 2.23. The third-order valence-electron chi connectivity index (χ3n) is 3.88. The molecule has 0 fully saturated rings. The molecule has 0 bridgehead atoms. The van der Waals surface area contributed by atoms with Crippen molar-refractivity contribution in [1.29, 1.82) is 0 Å². The van der Waals surface area contributed by atoms with E-state index in [0.29, 0.717) is 0 Å². The SMILES string of the molecule is Cc1cc2c(c(C)c1N)CN(Cc1ccc(F)cc1)N2. The average Bonchev–Trinajstić information content (AvgIpc) is 2.81. The number of nitrogens with zero attached hydrogens (tertiary/aromatic N) is 1. The first-order valence-corrected chi connectivity index (χ1v) is 6.69. The average molecular weight is 271 g/mol. The number of benzene rings is 2. The molecule has 2 aromatic carbocycles. The van der Waals surface area contributed by atoms with Crippen LogP contribution in [0.5, 0.6) is 0 Å². The Morgan fingerprint density at radius 3 is 2.65 bits per heavy atom. The van der Waals surface area contributed by atoms with Crippen LogP contribution in [-0.2, 0) is 13.1 Å². The monoisotopic (exact) mass is 271 g/mol. The van der Waals surface area contributed by atoms with Crippen LogP contribution < -0.4 is 11.2 Å². The number of nitrogens with two attached hydrogens (primary N) is 1. The summed E-state index contributed by atoms with van der Waals surface area (Å²) in [7, 11) is 0. The van der Waals surface area contributed by atoms with Gasteiger partial charge in [0.2, 0.25) is 0 Å². The van der Waals surface area contributed by atoms with Crippen LogP contribution in [-0.4, -0.2) is 5.01 Å². The highest BCUT2D eigenvalue weighted by atomic mass is 19.1. The highest BCUT2D eigenvalue weighted by molar-refractivity contribution is 5.68. The molecule has 3 N–H and O–H groups in total. The molecular weight excluding hydrogens is 253 g/mol. The van der Waals surface area contributed by atoms with Crippen molar-refractivity contribution in [2.75, 3.05) is 11.2 Å². The molecule has 0 aliphatic carbocycles. The third-order valence-corrected chi connectivity index (χ3v) is 3.88. The normalized spacial score (nSPS) is 14.2. The summed E-state index contributed by atoms with van der Waals surface area (Å²) in [6.07, 6.45) is 0. The number of hydrogen-bond donors (Lipinski definition) is 2. The minimum Gasteiger partial charge on any atom is -0.398 e. The van der Waals surface area contributed by atoms with E-state index in [9.17, 15) is 4.39 Å². The lowest BCUT2D eigenvalue weighted by Gasteiger charge is -2.16. The van der Waals surface area contributed by atoms with Gasteiger partial charge in [0.25, 0.3) is 0 Å². The highest BCUT2D eigenvalue weighted by Crippen LogP contribution is 2.34. The molecular formula is C16H18FN3. The lowest BCUT2D eigenvalue weighted by atomic mass is 10.0. The largest absolute Gasteiger partial charge is 0.398 e. The first kappa shape index (κ1) is 12.9. The number of anilines is 2. The molecule has 3 rings (SSSR count). The van der Waals surface area contributed by atoms with Crippen LogP contribution in [0.3, 0.4) is 0 Å². The zero-order valence-electron chi connectivity index (χ0n) is 11.7. The van der Waals surface area contributed by atoms with Crippen molar-refractivity contribution < 1.29 is 4.39 Å². The van der Waals surface area contributed by atoms with Crippen molar-refractivity contribution in [2.45, 2.75) is 26.9 Å². The van der Waals surface area contributed by atoms with E-state index in [0.717, 1.165) is 41.2 Å². The maximum absolute atomic E-state index is 12.9. The van der Waals surface area contributed by atoms with Gasteiger partial charge in [-0.2, -0.15) is 0 Å². The highest BCUT2D eigenvalue weighted by Gasteiger charge is 2.22. The Morgan fingerprint density at radius 1 is 1.25 bits per heavy atom. The standard InChI is InChI=1S/C16H18FN3/c1-10-7-15-14(11(2)16(10)18)9-20(19-15)8-12-3-5-13(17)6-4-12/h3-7,19H,8-9,18H2,1-2H3. The van der Waals surface area contributed by atoms with Crippen molar-refractivity contribution in [3.63, 3.8) is 0 Å². The van der Waals surface area contributed by atoms with Gasteiger partial charge in [-0.15, -0.1) is 0 Å². The van der Waals surface area contributed by atoms with E-state index in [2.05, 4.69) is 23.4 Å². The molecule has 1 aliphatic rings. The van der Waals surface area contributed by atoms with Crippen LogP contribution in [0.1, 0.15) is 22.3 Å². The second-order valence-electron chi connectivity index (χ2n) is 5.35. The molecule has 1 aliphatic heterocycles. The fourth-order valence-corrected chi connectivity index (χ4v) is 2.65. The zero-order chi connectivity index (χ0) is 14.3. The smallest absolute Gasteiger partial charge is 0.123 e. The Bertz CT molecular complexity index is 650. The van der Waals surface area contributed by atoms with Crippen molar-refractivity contribution >= 4 is 11.4 Å². The van der Waals surface area contributed by atoms with Crippen LogP contribution >= 0.6 is 0 Å². The van der Waals surface area contributed by atoms with Crippen molar-refractivity contribution in [3.05, 3.63) is 58.4 Å². The Kier molecular flexibility index (Phi) is 3.10. The van der Waals surface area contributed by atoms with Gasteiger partial charge >= 0.3 is 0 Å². The minimum absolute atomic E-state index is 0.203. The maximum Gasteiger partial charge on any atom is 0.123 e. The number of nitrogen functional groups attached to an aromatic ring is 1. The van der Waals surface area contributed by atoms with Gasteiger partial charge in [-0.3, -0.25) is 0 Å². The Hall–Kier alpha value is -2.07. The van der Waals surface area contributed by atoms with E-state index in [1.807, 2.05) is 19.1 Å². The molecule has 0 spiro atoms. The van der Waals surface area contributed by atoms with E-state index in [1.54, 1.807) is 0 Å². The van der Waals surface area contributed by atoms with Crippen LogP contribution in [0.2, 0.25) is 0 Å². The van der Waals surface area contributed by atoms with Gasteiger partial charge in [0, 0.05) is 18.8 Å². The lowest BCUT2D eigenvalue weighted by Crippen LogP contribution is -2.22. The number of aryl methyl sites for hydroxylation is 1. The minimum atomic E-state index is -0.203. The molecule has 20 heavy (non-hydrogen) atoms. The van der Waals surface area contributed by atoms with E-state index in [-0.39, 0.29) is 5.82 Å². The first-order chi connectivity index (χ1) is 9.54. The number of nitrogens with one attached hydrogen (secondary N) is 1. The van der Waals surface area contributed by atoms with Crippen LogP contribution in [0.4, 0.5) is 15.8 Å². The fourth-order valence-electron chi connectivity index (χ4n) is 2.65. The molecule has 0 aromatic heterocycles. The summed E-state index contributed by atoms with van der Waals surface area (Å²) in [6.45, 7) is 5.62. The quantitative estimate of drug-likeness (QED) is 0.823. The summed E-state index contributed by atoms with van der Waals surface area (Å²) in [4.78, 5) is 0. The predicted molar refractivity (Wildman–Crippen MR) is 79.6 cm³/mol. The molecule has 3 nitrogen and oxygen atoms in total. The van der Waals surface area contributed by atoms with Gasteiger partial charge < -0.3 is 11.2 Å². The summed E-state index contributed by atoms with van der Waals surface area (Å²) < 4.78 is 12.9. The molecule has 4 heteroatoms. The van der Waals surface area contributed by atoms with E-state index < -0.39 is 0 Å². The summed E-state index contributed by atoms with van der Waals surface area (Å²) in [5, 5.41) is 2.11. The van der Waals surface area contributed by atoms with Gasteiger partial charge in [-0.25, -0.2) is 9.40 Å². The molecule has 104 valence electrons. The summed E-state index contributed by atoms with van der Waals surface area (Å²) in [6, 6.07) is 8.69. The molecule has 0 atom stereocenters. The second-order valence-corrected chi connectivity index (χ2v) is 5.35. The molecule has 0 radical (unpaired) electrons. The maximum atomic E-state index is 12.9. The summed E-state index contributed by atoms with van der Waals surface area (Å²) >= 11 is 0. The summed E-state index contributed by atoms with van der Waals surface area (Å²) in [5.41, 5.74) is 16.0. The molecule has 0 amide bonds. The fraction of sp³-hybridized carbons (Fsp3) is 0.250. The van der Waals surface area contributed by atoms with Crippen molar-refractivity contribution in [1.82, 2.24) is 5.01 Å². The number of hydrazine groups is 1. The zero-order valence-corrected chi connectivity index (χ0v) is 11.7. The van der Waals surface area contributed by atoms with Gasteiger partial charge in [-0.1, -0.05) is 12.1 Å². The van der Waals surface area contributed by atoms with E-state index in [1.165, 1.54) is 17.7 Å². The Balaban J connectivity index is 1.80. The Morgan fingerprint density at radius 2 is 1.95 bits per heavy atom. The molecule has 1 heterocycles. The number of hydrogen-bond acceptors (Lipinski definition) is 3. The predicted octanol–water partition coefficient (Wildman–Crippen LogP) is 3.37. The summed E-state index contributed by atoms with van der Waals surface area (Å²) in [5.74, 6) is -0.203. The van der Waals surface area contributed by atoms with Gasteiger partial charge in [0.15, 0.2) is 0 Å². The molecule has 2 aromatic rings. The number of rotatable bonds is 2.